The van der Waals surface area contributed by atoms with E-state index in [1.807, 2.05) is 31.2 Å². The van der Waals surface area contributed by atoms with E-state index in [-0.39, 0.29) is 11.9 Å². The number of benzene rings is 1. The molecule has 1 aromatic rings. The fraction of sp³-hybridized carbons (Fsp3) is 0.588. The fourth-order valence-corrected chi connectivity index (χ4v) is 4.97. The van der Waals surface area contributed by atoms with E-state index in [0.717, 1.165) is 23.1 Å². The molecule has 0 radical (unpaired) electrons. The van der Waals surface area contributed by atoms with Gasteiger partial charge in [0.05, 0.1) is 6.04 Å². The highest BCUT2D eigenvalue weighted by Gasteiger charge is 2.67. The maximum Gasteiger partial charge on any atom is 0.224 e. The summed E-state index contributed by atoms with van der Waals surface area (Å²) in [6, 6.07) is 7.79. The second kappa shape index (κ2) is 4.24. The first-order valence-electron chi connectivity index (χ1n) is 7.81. The van der Waals surface area contributed by atoms with Gasteiger partial charge in [-0.05, 0) is 61.5 Å². The molecule has 0 aromatic heterocycles. The van der Waals surface area contributed by atoms with Crippen molar-refractivity contribution in [3.63, 3.8) is 0 Å². The van der Waals surface area contributed by atoms with E-state index in [2.05, 4.69) is 5.32 Å². The zero-order valence-corrected chi connectivity index (χ0v) is 11.9. The highest BCUT2D eigenvalue weighted by atomic mass is 16.2. The summed E-state index contributed by atoms with van der Waals surface area (Å²) in [7, 11) is 0. The third kappa shape index (κ3) is 1.68. The maximum atomic E-state index is 12.5. The Labute approximate surface area is 119 Å². The molecule has 0 spiro atoms. The number of carbonyl (C=O) groups excluding carboxylic acids is 1. The molecule has 0 saturated heterocycles. The number of nitrogens with one attached hydrogen (secondary N) is 1. The van der Waals surface area contributed by atoms with E-state index in [1.54, 1.807) is 0 Å². The Morgan fingerprint density at radius 1 is 1.25 bits per heavy atom. The first-order valence-corrected chi connectivity index (χ1v) is 7.81. The quantitative estimate of drug-likeness (QED) is 0.830. The Balaban J connectivity index is 1.43. The Hall–Kier alpha value is -1.51. The minimum Gasteiger partial charge on any atom is -0.398 e. The normalized spacial score (nSPS) is 38.4. The fourth-order valence-electron chi connectivity index (χ4n) is 4.97. The van der Waals surface area contributed by atoms with Gasteiger partial charge in [-0.25, -0.2) is 0 Å². The monoisotopic (exact) mass is 270 g/mol. The van der Waals surface area contributed by atoms with Gasteiger partial charge in [0.1, 0.15) is 0 Å². The second-order valence-corrected chi connectivity index (χ2v) is 6.87. The van der Waals surface area contributed by atoms with Gasteiger partial charge in [0, 0.05) is 11.6 Å². The summed E-state index contributed by atoms with van der Waals surface area (Å²) in [6.07, 6.45) is 4.11. The number of anilines is 1. The average molecular weight is 270 g/mol. The zero-order chi connectivity index (χ0) is 13.9. The lowest BCUT2D eigenvalue weighted by molar-refractivity contribution is -0.124. The van der Waals surface area contributed by atoms with Crippen molar-refractivity contribution in [2.24, 2.45) is 29.6 Å². The molecule has 3 N–H and O–H groups in total. The summed E-state index contributed by atoms with van der Waals surface area (Å²) >= 11 is 0. The molecular weight excluding hydrogens is 248 g/mol. The summed E-state index contributed by atoms with van der Waals surface area (Å²) in [6.45, 7) is 2.02. The van der Waals surface area contributed by atoms with Crippen molar-refractivity contribution in [2.45, 2.75) is 32.2 Å². The van der Waals surface area contributed by atoms with E-state index in [4.69, 9.17) is 5.73 Å². The van der Waals surface area contributed by atoms with Crippen molar-refractivity contribution < 1.29 is 4.79 Å². The van der Waals surface area contributed by atoms with Crippen LogP contribution in [0, 0.1) is 29.6 Å². The number of nitrogens with two attached hydrogens (primary N) is 1. The van der Waals surface area contributed by atoms with Crippen LogP contribution in [0.15, 0.2) is 24.3 Å². The van der Waals surface area contributed by atoms with E-state index in [9.17, 15) is 4.79 Å². The molecule has 1 amide bonds. The van der Waals surface area contributed by atoms with Gasteiger partial charge in [0.2, 0.25) is 5.91 Å². The van der Waals surface area contributed by atoms with Gasteiger partial charge in [0.25, 0.3) is 0 Å². The Kier molecular flexibility index (Phi) is 2.60. The highest BCUT2D eigenvalue weighted by molar-refractivity contribution is 5.83. The predicted octanol–water partition coefficient (Wildman–Crippen LogP) is 2.74. The molecule has 0 aliphatic heterocycles. The van der Waals surface area contributed by atoms with Gasteiger partial charge in [-0.3, -0.25) is 4.79 Å². The molecule has 3 aliphatic carbocycles. The van der Waals surface area contributed by atoms with Crippen molar-refractivity contribution in [3.8, 4) is 0 Å². The van der Waals surface area contributed by atoms with Crippen molar-refractivity contribution in [3.05, 3.63) is 29.8 Å². The molecule has 3 nitrogen and oxygen atoms in total. The van der Waals surface area contributed by atoms with Crippen molar-refractivity contribution >= 4 is 11.6 Å². The minimum atomic E-state index is 0.00248. The summed E-state index contributed by atoms with van der Waals surface area (Å²) in [5.74, 6) is 3.65. The first kappa shape index (κ1) is 12.2. The van der Waals surface area contributed by atoms with Crippen LogP contribution in [0.25, 0.3) is 0 Å². The van der Waals surface area contributed by atoms with Crippen LogP contribution in [0.1, 0.15) is 37.8 Å². The molecule has 5 unspecified atom stereocenters. The number of carbonyl (C=O) groups is 1. The minimum absolute atomic E-state index is 0.00248. The number of fused-ring (bicyclic) bond motifs is 5. The van der Waals surface area contributed by atoms with Crippen LogP contribution in [-0.4, -0.2) is 5.91 Å². The molecule has 20 heavy (non-hydrogen) atoms. The number of nitrogen functional groups attached to an aromatic ring is 1. The molecule has 3 fully saturated rings. The van der Waals surface area contributed by atoms with Gasteiger partial charge in [-0.1, -0.05) is 18.2 Å². The Morgan fingerprint density at radius 3 is 2.55 bits per heavy atom. The van der Waals surface area contributed by atoms with Gasteiger partial charge in [-0.2, -0.15) is 0 Å². The lowest BCUT2D eigenvalue weighted by Gasteiger charge is -2.17. The first-order chi connectivity index (χ1) is 9.66. The van der Waals surface area contributed by atoms with Crippen LogP contribution in [-0.2, 0) is 4.79 Å². The molecule has 2 bridgehead atoms. The van der Waals surface area contributed by atoms with Gasteiger partial charge in [-0.15, -0.1) is 0 Å². The van der Waals surface area contributed by atoms with Crippen molar-refractivity contribution in [1.82, 2.24) is 5.32 Å². The lowest BCUT2D eigenvalue weighted by Crippen LogP contribution is -2.30. The molecule has 4 rings (SSSR count). The van der Waals surface area contributed by atoms with Gasteiger partial charge in [0.15, 0.2) is 0 Å². The lowest BCUT2D eigenvalue weighted by atomic mass is 10.0. The van der Waals surface area contributed by atoms with Crippen LogP contribution in [0.2, 0.25) is 0 Å². The number of amides is 1. The zero-order valence-electron chi connectivity index (χ0n) is 11.9. The standard InChI is InChI=1S/C17H22N2O/c1-9(12-4-2-3-5-13(12)18)19-17(20)16-14-10-6-7-11(8-10)15(14)16/h2-5,9-11,14-16H,6-8,18H2,1H3,(H,19,20). The van der Waals surface area contributed by atoms with Crippen molar-refractivity contribution in [1.29, 1.82) is 0 Å². The van der Waals surface area contributed by atoms with E-state index in [1.165, 1.54) is 19.3 Å². The van der Waals surface area contributed by atoms with Crippen LogP contribution < -0.4 is 11.1 Å². The maximum absolute atomic E-state index is 12.5. The summed E-state index contributed by atoms with van der Waals surface area (Å²) in [5, 5.41) is 3.18. The van der Waals surface area contributed by atoms with E-state index < -0.39 is 0 Å². The summed E-state index contributed by atoms with van der Waals surface area (Å²) in [4.78, 5) is 12.5. The molecule has 1 aromatic carbocycles. The molecule has 0 heterocycles. The molecule has 5 atom stereocenters. The van der Waals surface area contributed by atoms with E-state index >= 15 is 0 Å². The largest absolute Gasteiger partial charge is 0.398 e. The third-order valence-corrected chi connectivity index (χ3v) is 5.86. The van der Waals surface area contributed by atoms with Crippen LogP contribution >= 0.6 is 0 Å². The Morgan fingerprint density at radius 2 is 1.90 bits per heavy atom. The van der Waals surface area contributed by atoms with Crippen molar-refractivity contribution in [2.75, 3.05) is 5.73 Å². The third-order valence-electron chi connectivity index (χ3n) is 5.86. The molecular formula is C17H22N2O. The number of hydrogen-bond donors (Lipinski definition) is 2. The van der Waals surface area contributed by atoms with Gasteiger partial charge < -0.3 is 11.1 Å². The second-order valence-electron chi connectivity index (χ2n) is 6.87. The smallest absolute Gasteiger partial charge is 0.224 e. The number of rotatable bonds is 3. The predicted molar refractivity (Wildman–Crippen MR) is 78.7 cm³/mol. The SMILES string of the molecule is CC(NC(=O)C1C2C3CCC(C3)C12)c1ccccc1N. The molecule has 3 heteroatoms. The van der Waals surface area contributed by atoms with Crippen LogP contribution in [0.5, 0.6) is 0 Å². The number of hydrogen-bond acceptors (Lipinski definition) is 2. The van der Waals surface area contributed by atoms with Gasteiger partial charge >= 0.3 is 0 Å². The molecule has 3 aliphatic rings. The van der Waals surface area contributed by atoms with E-state index in [0.29, 0.717) is 17.8 Å². The topological polar surface area (TPSA) is 55.1 Å². The molecule has 3 saturated carbocycles. The van der Waals surface area contributed by atoms with Crippen LogP contribution in [0.4, 0.5) is 5.69 Å². The van der Waals surface area contributed by atoms with Crippen LogP contribution in [0.3, 0.4) is 0 Å². The average Bonchev–Trinajstić information content (AvgIpc) is 2.88. The summed E-state index contributed by atoms with van der Waals surface area (Å²) in [5.41, 5.74) is 7.77. The number of para-hydroxylation sites is 1. The highest BCUT2D eigenvalue weighted by Crippen LogP contribution is 2.69. The Bertz CT molecular complexity index is 540. The molecule has 106 valence electrons. The summed E-state index contributed by atoms with van der Waals surface area (Å²) < 4.78 is 0.